The lowest BCUT2D eigenvalue weighted by Gasteiger charge is -2.11. The van der Waals surface area contributed by atoms with Crippen LogP contribution < -0.4 is 10.6 Å². The highest BCUT2D eigenvalue weighted by Crippen LogP contribution is 2.10. The van der Waals surface area contributed by atoms with Crippen LogP contribution in [0.4, 0.5) is 4.39 Å². The third kappa shape index (κ3) is 5.44. The number of hydrogen-bond donors (Lipinski definition) is 2. The van der Waals surface area contributed by atoms with Gasteiger partial charge in [0.2, 0.25) is 0 Å². The molecule has 1 heterocycles. The van der Waals surface area contributed by atoms with Crippen molar-refractivity contribution in [1.82, 2.24) is 15.6 Å². The number of benzene rings is 1. The van der Waals surface area contributed by atoms with Gasteiger partial charge in [0.15, 0.2) is 5.96 Å². The molecule has 0 bridgehead atoms. The lowest BCUT2D eigenvalue weighted by Crippen LogP contribution is -2.39. The van der Waals surface area contributed by atoms with Crippen LogP contribution in [-0.4, -0.2) is 31.1 Å². The van der Waals surface area contributed by atoms with E-state index in [1.54, 1.807) is 30.5 Å². The third-order valence-corrected chi connectivity index (χ3v) is 4.09. The summed E-state index contributed by atoms with van der Waals surface area (Å²) in [7, 11) is 1.74. The predicted octanol–water partition coefficient (Wildman–Crippen LogP) is 2.54. The summed E-state index contributed by atoms with van der Waals surface area (Å²) in [6.45, 7) is 3.55. The van der Waals surface area contributed by atoms with Crippen LogP contribution in [0.15, 0.2) is 35.5 Å². The number of rotatable bonds is 6. The first kappa shape index (κ1) is 16.4. The Morgan fingerprint density at radius 1 is 1.27 bits per heavy atom. The number of nitrogens with zero attached hydrogens (tertiary/aromatic N) is 2. The van der Waals surface area contributed by atoms with Gasteiger partial charge in [-0.1, -0.05) is 12.1 Å². The number of halogens is 1. The summed E-state index contributed by atoms with van der Waals surface area (Å²) < 4.78 is 13.1. The Bertz CT molecular complexity index is 624. The fraction of sp³-hybridized carbons (Fsp3) is 0.375. The van der Waals surface area contributed by atoms with Gasteiger partial charge in [-0.3, -0.25) is 4.99 Å². The summed E-state index contributed by atoms with van der Waals surface area (Å²) in [6.07, 6.45) is 3.53. The van der Waals surface area contributed by atoms with Crippen molar-refractivity contribution in [1.29, 1.82) is 0 Å². The Balaban J connectivity index is 1.69. The maximum atomic E-state index is 13.1. The molecule has 4 nitrogen and oxygen atoms in total. The molecule has 0 unspecified atom stereocenters. The van der Waals surface area contributed by atoms with E-state index in [1.807, 2.05) is 12.3 Å². The Labute approximate surface area is 134 Å². The van der Waals surface area contributed by atoms with Gasteiger partial charge in [-0.15, -0.1) is 11.3 Å². The molecule has 0 aliphatic heterocycles. The minimum absolute atomic E-state index is 0.196. The van der Waals surface area contributed by atoms with Gasteiger partial charge < -0.3 is 10.6 Å². The first-order chi connectivity index (χ1) is 10.7. The van der Waals surface area contributed by atoms with Crippen molar-refractivity contribution in [3.63, 3.8) is 0 Å². The molecule has 0 fully saturated rings. The van der Waals surface area contributed by atoms with E-state index in [2.05, 4.69) is 27.5 Å². The Hall–Kier alpha value is -1.95. The molecule has 2 N–H and O–H groups in total. The lowest BCUT2D eigenvalue weighted by molar-refractivity contribution is 0.625. The van der Waals surface area contributed by atoms with Gasteiger partial charge in [0, 0.05) is 37.6 Å². The molecule has 0 radical (unpaired) electrons. The van der Waals surface area contributed by atoms with Gasteiger partial charge in [0.1, 0.15) is 5.82 Å². The predicted molar refractivity (Wildman–Crippen MR) is 90.0 cm³/mol. The molecule has 118 valence electrons. The molecular weight excluding hydrogens is 299 g/mol. The Morgan fingerprint density at radius 2 is 2.05 bits per heavy atom. The second kappa shape index (κ2) is 8.48. The van der Waals surface area contributed by atoms with Crippen molar-refractivity contribution < 1.29 is 4.39 Å². The third-order valence-electron chi connectivity index (χ3n) is 3.12. The molecule has 0 saturated carbocycles. The van der Waals surface area contributed by atoms with Crippen LogP contribution in [0.25, 0.3) is 0 Å². The smallest absolute Gasteiger partial charge is 0.191 e. The van der Waals surface area contributed by atoms with Crippen molar-refractivity contribution in [3.05, 3.63) is 51.7 Å². The van der Waals surface area contributed by atoms with Gasteiger partial charge in [0.25, 0.3) is 0 Å². The SMILES string of the molecule is CN=C(NCCc1cccc(F)c1)NCCc1ncc(C)s1. The molecular formula is C16H21FN4S. The maximum Gasteiger partial charge on any atom is 0.191 e. The number of nitrogens with one attached hydrogen (secondary N) is 2. The molecule has 2 rings (SSSR count). The van der Waals surface area contributed by atoms with Crippen molar-refractivity contribution in [2.75, 3.05) is 20.1 Å². The van der Waals surface area contributed by atoms with Crippen molar-refractivity contribution in [2.24, 2.45) is 4.99 Å². The summed E-state index contributed by atoms with van der Waals surface area (Å²) >= 11 is 1.72. The number of aryl methyl sites for hydroxylation is 1. The summed E-state index contributed by atoms with van der Waals surface area (Å²) in [6, 6.07) is 6.67. The minimum atomic E-state index is -0.196. The highest BCUT2D eigenvalue weighted by molar-refractivity contribution is 7.11. The standard InChI is InChI=1S/C16H21FN4S/c1-12-11-21-15(22-12)7-9-20-16(18-2)19-8-6-13-4-3-5-14(17)10-13/h3-5,10-11H,6-9H2,1-2H3,(H2,18,19,20). The largest absolute Gasteiger partial charge is 0.356 e. The molecule has 0 amide bonds. The van der Waals surface area contributed by atoms with Crippen LogP contribution in [0, 0.1) is 12.7 Å². The number of guanidine groups is 1. The molecule has 2 aromatic rings. The van der Waals surface area contributed by atoms with Crippen LogP contribution in [0.1, 0.15) is 15.4 Å². The van der Waals surface area contributed by atoms with Crippen molar-refractivity contribution in [3.8, 4) is 0 Å². The second-order valence-electron chi connectivity index (χ2n) is 4.92. The van der Waals surface area contributed by atoms with E-state index >= 15 is 0 Å². The first-order valence-electron chi connectivity index (χ1n) is 7.27. The summed E-state index contributed by atoms with van der Waals surface area (Å²) in [5, 5.41) is 7.61. The fourth-order valence-corrected chi connectivity index (χ4v) is 2.83. The molecule has 0 spiro atoms. The number of aliphatic imine (C=N–C) groups is 1. The lowest BCUT2D eigenvalue weighted by atomic mass is 10.1. The molecule has 0 saturated heterocycles. The Morgan fingerprint density at radius 3 is 2.68 bits per heavy atom. The van der Waals surface area contributed by atoms with Gasteiger partial charge in [0.05, 0.1) is 5.01 Å². The average Bonchev–Trinajstić information content (AvgIpc) is 2.91. The van der Waals surface area contributed by atoms with Crippen LogP contribution in [0.2, 0.25) is 0 Å². The van der Waals surface area contributed by atoms with E-state index in [9.17, 15) is 4.39 Å². The van der Waals surface area contributed by atoms with Gasteiger partial charge >= 0.3 is 0 Å². The molecule has 1 aromatic heterocycles. The average molecular weight is 320 g/mol. The van der Waals surface area contributed by atoms with Crippen LogP contribution in [0.5, 0.6) is 0 Å². The molecule has 0 aliphatic carbocycles. The highest BCUT2D eigenvalue weighted by atomic mass is 32.1. The zero-order chi connectivity index (χ0) is 15.8. The topological polar surface area (TPSA) is 49.3 Å². The van der Waals surface area contributed by atoms with Gasteiger partial charge in [-0.25, -0.2) is 9.37 Å². The van der Waals surface area contributed by atoms with Crippen LogP contribution in [0.3, 0.4) is 0 Å². The van der Waals surface area contributed by atoms with Crippen molar-refractivity contribution >= 4 is 17.3 Å². The summed E-state index contributed by atoms with van der Waals surface area (Å²) in [4.78, 5) is 9.74. The minimum Gasteiger partial charge on any atom is -0.356 e. The van der Waals surface area contributed by atoms with Gasteiger partial charge in [-0.05, 0) is 31.0 Å². The fourth-order valence-electron chi connectivity index (χ4n) is 2.04. The van der Waals surface area contributed by atoms with E-state index in [-0.39, 0.29) is 5.82 Å². The number of aromatic nitrogens is 1. The Kier molecular flexibility index (Phi) is 6.33. The molecule has 22 heavy (non-hydrogen) atoms. The number of hydrogen-bond acceptors (Lipinski definition) is 3. The summed E-state index contributed by atoms with van der Waals surface area (Å²) in [5.74, 6) is 0.559. The molecule has 1 aromatic carbocycles. The van der Waals surface area contributed by atoms with Crippen molar-refractivity contribution in [2.45, 2.75) is 19.8 Å². The van der Waals surface area contributed by atoms with E-state index < -0.39 is 0 Å². The van der Waals surface area contributed by atoms with Crippen LogP contribution >= 0.6 is 11.3 Å². The van der Waals surface area contributed by atoms with E-state index in [4.69, 9.17) is 0 Å². The molecule has 0 atom stereocenters. The second-order valence-corrected chi connectivity index (χ2v) is 6.24. The van der Waals surface area contributed by atoms with E-state index in [1.165, 1.54) is 10.9 Å². The normalized spacial score (nSPS) is 11.5. The zero-order valence-corrected chi connectivity index (χ0v) is 13.7. The summed E-state index contributed by atoms with van der Waals surface area (Å²) in [5.41, 5.74) is 0.973. The quantitative estimate of drug-likeness (QED) is 0.635. The number of thiazole rings is 1. The van der Waals surface area contributed by atoms with Crippen LogP contribution in [-0.2, 0) is 12.8 Å². The maximum absolute atomic E-state index is 13.1. The van der Waals surface area contributed by atoms with E-state index in [0.717, 1.165) is 35.9 Å². The highest BCUT2D eigenvalue weighted by Gasteiger charge is 2.01. The van der Waals surface area contributed by atoms with E-state index in [0.29, 0.717) is 6.54 Å². The monoisotopic (exact) mass is 320 g/mol. The molecule has 6 heteroatoms. The first-order valence-corrected chi connectivity index (χ1v) is 8.09. The van der Waals surface area contributed by atoms with Gasteiger partial charge in [-0.2, -0.15) is 0 Å². The molecule has 0 aliphatic rings. The zero-order valence-electron chi connectivity index (χ0n) is 12.9.